The molecule has 1 amide bonds. The van der Waals surface area contributed by atoms with Crippen LogP contribution in [0.25, 0.3) is 16.5 Å². The van der Waals surface area contributed by atoms with Gasteiger partial charge in [-0.3, -0.25) is 4.79 Å². The van der Waals surface area contributed by atoms with Crippen LogP contribution < -0.4 is 4.74 Å². The minimum atomic E-state index is -0.402. The number of amides is 1. The topological polar surface area (TPSA) is 93.0 Å². The van der Waals surface area contributed by atoms with E-state index in [1.165, 1.54) is 12.1 Å². The van der Waals surface area contributed by atoms with Gasteiger partial charge < -0.3 is 20.0 Å². The van der Waals surface area contributed by atoms with Crippen LogP contribution in [0.3, 0.4) is 0 Å². The summed E-state index contributed by atoms with van der Waals surface area (Å²) in [6.07, 6.45) is 4.10. The molecule has 0 atom stereocenters. The molecule has 7 heteroatoms. The van der Waals surface area contributed by atoms with E-state index in [1.54, 1.807) is 42.3 Å². The van der Waals surface area contributed by atoms with Crippen molar-refractivity contribution in [2.24, 2.45) is 5.92 Å². The van der Waals surface area contributed by atoms with Crippen LogP contribution in [-0.4, -0.2) is 35.1 Å². The minimum absolute atomic E-state index is 0.118. The summed E-state index contributed by atoms with van der Waals surface area (Å²) in [4.78, 5) is 17.4. The van der Waals surface area contributed by atoms with Crippen molar-refractivity contribution in [3.63, 3.8) is 0 Å². The van der Waals surface area contributed by atoms with Gasteiger partial charge in [-0.1, -0.05) is 24.3 Å². The van der Waals surface area contributed by atoms with E-state index in [0.29, 0.717) is 52.2 Å². The van der Waals surface area contributed by atoms with Gasteiger partial charge in [0.1, 0.15) is 11.6 Å². The molecule has 4 rings (SSSR count). The molecular weight excluding hydrogens is 383 g/mol. The van der Waals surface area contributed by atoms with Gasteiger partial charge in [0, 0.05) is 43.0 Å². The number of nitrogens with one attached hydrogen (secondary N) is 2. The van der Waals surface area contributed by atoms with E-state index in [0.717, 1.165) is 6.21 Å². The number of H-pyrrole nitrogens is 1. The smallest absolute Gasteiger partial charge is 0.255 e. The number of carbonyl (C=O) groups excluding carboxylic acids is 1. The minimum Gasteiger partial charge on any atom is -0.455 e. The number of fused-ring (bicyclic) bond motifs is 1. The first-order valence-electron chi connectivity index (χ1n) is 9.46. The van der Waals surface area contributed by atoms with Gasteiger partial charge in [0.25, 0.3) is 5.91 Å². The number of aromatic amines is 1. The quantitative estimate of drug-likeness (QED) is 0.493. The Labute approximate surface area is 172 Å². The van der Waals surface area contributed by atoms with E-state index < -0.39 is 5.82 Å². The van der Waals surface area contributed by atoms with E-state index in [-0.39, 0.29) is 11.8 Å². The lowest BCUT2D eigenvalue weighted by molar-refractivity contribution is 0.0577. The second kappa shape index (κ2) is 7.84. The predicted octanol–water partition coefficient (Wildman–Crippen LogP) is 4.28. The number of ether oxygens (including phenoxy) is 1. The number of aromatic nitrogens is 1. The Morgan fingerprint density at radius 1 is 1.37 bits per heavy atom. The molecule has 2 N–H and O–H groups in total. The maximum Gasteiger partial charge on any atom is 0.255 e. The Balaban J connectivity index is 1.62. The van der Waals surface area contributed by atoms with Crippen molar-refractivity contribution in [2.75, 3.05) is 13.1 Å². The first-order valence-corrected chi connectivity index (χ1v) is 9.46. The summed E-state index contributed by atoms with van der Waals surface area (Å²) in [7, 11) is 0. The molecule has 2 aromatic carbocycles. The number of benzene rings is 2. The van der Waals surface area contributed by atoms with Gasteiger partial charge in [-0.2, -0.15) is 5.26 Å². The molecule has 0 unspecified atom stereocenters. The summed E-state index contributed by atoms with van der Waals surface area (Å²) in [5.41, 5.74) is 1.67. The third-order valence-electron chi connectivity index (χ3n) is 5.22. The second-order valence-electron chi connectivity index (χ2n) is 7.16. The summed E-state index contributed by atoms with van der Waals surface area (Å²) in [5, 5.41) is 17.6. The normalized spacial score (nSPS) is 14.3. The maximum atomic E-state index is 14.4. The molecule has 1 saturated heterocycles. The molecule has 0 spiro atoms. The molecule has 0 bridgehead atoms. The highest BCUT2D eigenvalue weighted by Crippen LogP contribution is 2.30. The largest absolute Gasteiger partial charge is 0.455 e. The Morgan fingerprint density at radius 3 is 2.87 bits per heavy atom. The zero-order valence-corrected chi connectivity index (χ0v) is 16.3. The lowest BCUT2D eigenvalue weighted by Crippen LogP contribution is -2.49. The molecular formula is C23H19FN4O2. The van der Waals surface area contributed by atoms with Crippen molar-refractivity contribution in [2.45, 2.75) is 6.92 Å². The van der Waals surface area contributed by atoms with Gasteiger partial charge in [-0.25, -0.2) is 4.39 Å². The summed E-state index contributed by atoms with van der Waals surface area (Å²) in [6, 6.07) is 12.3. The number of rotatable bonds is 5. The fourth-order valence-corrected chi connectivity index (χ4v) is 3.54. The molecule has 0 radical (unpaired) electrons. The molecule has 0 saturated carbocycles. The molecule has 3 aromatic rings. The Bertz CT molecular complexity index is 1220. The predicted molar refractivity (Wildman–Crippen MR) is 112 cm³/mol. The molecule has 1 aromatic heterocycles. The van der Waals surface area contributed by atoms with Crippen LogP contribution in [0.15, 0.2) is 48.7 Å². The van der Waals surface area contributed by atoms with Crippen molar-refractivity contribution in [3.8, 4) is 11.8 Å². The lowest BCUT2D eigenvalue weighted by Gasteiger charge is -2.35. The molecule has 1 fully saturated rings. The van der Waals surface area contributed by atoms with E-state index in [1.807, 2.05) is 6.07 Å². The number of carbonyl (C=O) groups is 1. The molecule has 1 aliphatic heterocycles. The number of nitrogens with zero attached hydrogens (tertiary/aromatic N) is 2. The van der Waals surface area contributed by atoms with Crippen LogP contribution in [0.1, 0.15) is 21.6 Å². The van der Waals surface area contributed by atoms with Crippen LogP contribution in [0.2, 0.25) is 0 Å². The van der Waals surface area contributed by atoms with Crippen molar-refractivity contribution in [3.05, 3.63) is 71.3 Å². The first-order chi connectivity index (χ1) is 14.5. The fourth-order valence-electron chi connectivity index (χ4n) is 3.54. The van der Waals surface area contributed by atoms with Crippen molar-refractivity contribution < 1.29 is 13.9 Å². The van der Waals surface area contributed by atoms with Crippen molar-refractivity contribution >= 4 is 28.7 Å². The average Bonchev–Trinajstić information content (AvgIpc) is 3.08. The molecule has 6 nitrogen and oxygen atoms in total. The Hall–Kier alpha value is -3.92. The summed E-state index contributed by atoms with van der Waals surface area (Å²) in [5.74, 6) is -0.0867. The van der Waals surface area contributed by atoms with Crippen molar-refractivity contribution in [1.82, 2.24) is 9.88 Å². The third-order valence-corrected chi connectivity index (χ3v) is 5.22. The van der Waals surface area contributed by atoms with E-state index >= 15 is 0 Å². The average molecular weight is 402 g/mol. The van der Waals surface area contributed by atoms with Gasteiger partial charge in [-0.15, -0.1) is 0 Å². The highest BCUT2D eigenvalue weighted by molar-refractivity contribution is 5.97. The SMILES string of the molecule is Cc1c(C(=O)N2CC(C#N)C2)c[nH]c1/C(=C\C=N)Oc1cc(F)c2ccccc2c1. The summed E-state index contributed by atoms with van der Waals surface area (Å²) < 4.78 is 20.4. The number of hydrogen-bond donors (Lipinski definition) is 2. The van der Waals surface area contributed by atoms with Crippen LogP contribution >= 0.6 is 0 Å². The Kier molecular flexibility index (Phi) is 5.07. The molecule has 1 aliphatic rings. The van der Waals surface area contributed by atoms with Gasteiger partial charge in [-0.05, 0) is 23.9 Å². The van der Waals surface area contributed by atoms with Crippen LogP contribution in [0, 0.1) is 35.4 Å². The number of allylic oxidation sites excluding steroid dienone is 1. The lowest BCUT2D eigenvalue weighted by atomic mass is 10.00. The second-order valence-corrected chi connectivity index (χ2v) is 7.16. The summed E-state index contributed by atoms with van der Waals surface area (Å²) in [6.45, 7) is 2.62. The number of hydrogen-bond acceptors (Lipinski definition) is 4. The zero-order valence-electron chi connectivity index (χ0n) is 16.3. The zero-order chi connectivity index (χ0) is 21.3. The highest BCUT2D eigenvalue weighted by Gasteiger charge is 2.32. The first kappa shape index (κ1) is 19.4. The molecule has 150 valence electrons. The maximum absolute atomic E-state index is 14.4. The molecule has 2 heterocycles. The number of likely N-dealkylation sites (tertiary alicyclic amines) is 1. The summed E-state index contributed by atoms with van der Waals surface area (Å²) >= 11 is 0. The number of halogens is 1. The molecule has 0 aliphatic carbocycles. The highest BCUT2D eigenvalue weighted by atomic mass is 19.1. The third kappa shape index (κ3) is 3.44. The number of nitriles is 1. The van der Waals surface area contributed by atoms with Crippen LogP contribution in [-0.2, 0) is 0 Å². The van der Waals surface area contributed by atoms with Crippen LogP contribution in [0.5, 0.6) is 5.75 Å². The standard InChI is InChI=1S/C23H19FN4O2/c1-14-19(23(29)28-12-15(10-26)13-28)11-27-22(14)21(6-7-25)30-17-8-16-4-2-3-5-18(16)20(24)9-17/h2-9,11,15,25,27H,12-13H2,1H3/b21-6+,25-7?. The van der Waals surface area contributed by atoms with Gasteiger partial charge >= 0.3 is 0 Å². The van der Waals surface area contributed by atoms with Crippen LogP contribution in [0.4, 0.5) is 4.39 Å². The van der Waals surface area contributed by atoms with E-state index in [9.17, 15) is 9.18 Å². The Morgan fingerprint density at radius 2 is 2.13 bits per heavy atom. The van der Waals surface area contributed by atoms with Gasteiger partial charge in [0.2, 0.25) is 0 Å². The van der Waals surface area contributed by atoms with E-state index in [4.69, 9.17) is 15.4 Å². The van der Waals surface area contributed by atoms with Gasteiger partial charge in [0.05, 0.1) is 23.2 Å². The molecule has 30 heavy (non-hydrogen) atoms. The van der Waals surface area contributed by atoms with Crippen molar-refractivity contribution in [1.29, 1.82) is 10.7 Å². The van der Waals surface area contributed by atoms with Gasteiger partial charge in [0.15, 0.2) is 5.76 Å². The fraction of sp³-hybridized carbons (Fsp3) is 0.174. The van der Waals surface area contributed by atoms with E-state index in [2.05, 4.69) is 11.1 Å². The monoisotopic (exact) mass is 402 g/mol.